The summed E-state index contributed by atoms with van der Waals surface area (Å²) in [5, 5.41) is 17.9. The second-order valence-corrected chi connectivity index (χ2v) is 3.93. The first-order chi connectivity index (χ1) is 8.72. The lowest BCUT2D eigenvalue weighted by molar-refractivity contribution is 0.150. The highest BCUT2D eigenvalue weighted by molar-refractivity contribution is 5.29. The molecule has 96 valence electrons. The minimum atomic E-state index is -0.660. The maximum absolute atomic E-state index is 10.1. The Morgan fingerprint density at radius 1 is 1.50 bits per heavy atom. The summed E-state index contributed by atoms with van der Waals surface area (Å²) in [6, 6.07) is 7.31. The van der Waals surface area contributed by atoms with Gasteiger partial charge in [0.15, 0.2) is 0 Å². The van der Waals surface area contributed by atoms with Crippen molar-refractivity contribution in [2.24, 2.45) is 5.73 Å². The van der Waals surface area contributed by atoms with Gasteiger partial charge in [-0.15, -0.1) is 5.10 Å². The van der Waals surface area contributed by atoms with Gasteiger partial charge in [0.1, 0.15) is 5.75 Å². The molecule has 1 atom stereocenters. The van der Waals surface area contributed by atoms with Crippen molar-refractivity contribution in [2.45, 2.75) is 19.2 Å². The minimum Gasteiger partial charge on any atom is -0.497 e. The van der Waals surface area contributed by atoms with Gasteiger partial charge in [-0.3, -0.25) is 0 Å². The lowest BCUT2D eigenvalue weighted by Gasteiger charge is -2.11. The molecular weight excluding hydrogens is 232 g/mol. The Balaban J connectivity index is 2.08. The smallest absolute Gasteiger partial charge is 0.119 e. The largest absolute Gasteiger partial charge is 0.497 e. The Labute approximate surface area is 105 Å². The van der Waals surface area contributed by atoms with Crippen LogP contribution in [-0.4, -0.2) is 27.2 Å². The number of hydrogen-bond acceptors (Lipinski definition) is 5. The van der Waals surface area contributed by atoms with Crippen molar-refractivity contribution in [3.05, 3.63) is 41.7 Å². The van der Waals surface area contributed by atoms with Gasteiger partial charge in [0.05, 0.1) is 25.5 Å². The molecule has 1 heterocycles. The fourth-order valence-corrected chi connectivity index (χ4v) is 1.65. The molecule has 2 aromatic rings. The molecule has 6 heteroatoms. The highest BCUT2D eigenvalue weighted by Gasteiger charge is 2.10. The van der Waals surface area contributed by atoms with Crippen LogP contribution in [0.1, 0.15) is 17.4 Å². The third-order valence-electron chi connectivity index (χ3n) is 2.63. The lowest BCUT2D eigenvalue weighted by atomic mass is 10.1. The number of benzene rings is 1. The molecule has 1 aromatic heterocycles. The Hall–Kier alpha value is -1.92. The fraction of sp³-hybridized carbons (Fsp3) is 0.333. The highest BCUT2D eigenvalue weighted by Crippen LogP contribution is 2.20. The minimum absolute atomic E-state index is 0.333. The molecule has 0 radical (unpaired) electrons. The third-order valence-corrected chi connectivity index (χ3v) is 2.63. The average molecular weight is 248 g/mol. The van der Waals surface area contributed by atoms with Gasteiger partial charge in [-0.05, 0) is 17.7 Å². The second-order valence-electron chi connectivity index (χ2n) is 3.93. The van der Waals surface area contributed by atoms with E-state index in [-0.39, 0.29) is 0 Å². The van der Waals surface area contributed by atoms with E-state index < -0.39 is 6.10 Å². The molecule has 0 aliphatic heterocycles. The number of aromatic nitrogens is 3. The van der Waals surface area contributed by atoms with E-state index in [1.807, 2.05) is 18.2 Å². The molecule has 3 N–H and O–H groups in total. The van der Waals surface area contributed by atoms with E-state index in [4.69, 9.17) is 10.5 Å². The van der Waals surface area contributed by atoms with Crippen molar-refractivity contribution in [2.75, 3.05) is 7.11 Å². The summed E-state index contributed by atoms with van der Waals surface area (Å²) < 4.78 is 6.69. The number of hydrogen-bond donors (Lipinski definition) is 2. The quantitative estimate of drug-likeness (QED) is 0.803. The number of aliphatic hydroxyl groups excluding tert-OH is 1. The molecule has 1 aromatic carbocycles. The molecule has 1 unspecified atom stereocenters. The van der Waals surface area contributed by atoms with Crippen LogP contribution >= 0.6 is 0 Å². The van der Waals surface area contributed by atoms with Crippen LogP contribution in [-0.2, 0) is 13.1 Å². The van der Waals surface area contributed by atoms with Crippen molar-refractivity contribution in [3.63, 3.8) is 0 Å². The topological polar surface area (TPSA) is 86.2 Å². The summed E-state index contributed by atoms with van der Waals surface area (Å²) in [4.78, 5) is 0. The predicted molar refractivity (Wildman–Crippen MR) is 65.9 cm³/mol. The molecule has 6 nitrogen and oxygen atoms in total. The number of methoxy groups -OCH3 is 1. The Kier molecular flexibility index (Phi) is 3.91. The van der Waals surface area contributed by atoms with Crippen LogP contribution in [0.15, 0.2) is 30.5 Å². The van der Waals surface area contributed by atoms with Crippen molar-refractivity contribution in [3.8, 4) is 5.75 Å². The van der Waals surface area contributed by atoms with Crippen molar-refractivity contribution in [1.82, 2.24) is 15.0 Å². The molecular formula is C12H16N4O2. The average Bonchev–Trinajstić information content (AvgIpc) is 2.86. The number of rotatable bonds is 5. The first-order valence-electron chi connectivity index (χ1n) is 5.64. The maximum Gasteiger partial charge on any atom is 0.119 e. The van der Waals surface area contributed by atoms with E-state index in [0.29, 0.717) is 24.5 Å². The van der Waals surface area contributed by atoms with Crippen LogP contribution in [0.2, 0.25) is 0 Å². The first-order valence-corrected chi connectivity index (χ1v) is 5.64. The zero-order chi connectivity index (χ0) is 13.0. The number of nitrogens with zero attached hydrogens (tertiary/aromatic N) is 3. The zero-order valence-corrected chi connectivity index (χ0v) is 10.2. The predicted octanol–water partition coefficient (Wildman–Crippen LogP) is 0.479. The summed E-state index contributed by atoms with van der Waals surface area (Å²) in [6.45, 7) is 0.676. The number of nitrogens with two attached hydrogens (primary N) is 1. The molecule has 0 amide bonds. The Morgan fingerprint density at radius 2 is 2.33 bits per heavy atom. The first kappa shape index (κ1) is 12.5. The summed E-state index contributed by atoms with van der Waals surface area (Å²) in [7, 11) is 1.59. The number of ether oxygens (including phenoxy) is 1. The van der Waals surface area contributed by atoms with Crippen LogP contribution in [0.25, 0.3) is 0 Å². The van der Waals surface area contributed by atoms with E-state index in [2.05, 4.69) is 10.3 Å². The molecule has 0 spiro atoms. The lowest BCUT2D eigenvalue weighted by Crippen LogP contribution is -2.09. The van der Waals surface area contributed by atoms with Crippen LogP contribution in [0, 0.1) is 0 Å². The molecule has 0 aliphatic carbocycles. The van der Waals surface area contributed by atoms with Gasteiger partial charge in [0.2, 0.25) is 0 Å². The van der Waals surface area contributed by atoms with Gasteiger partial charge in [-0.1, -0.05) is 17.3 Å². The van der Waals surface area contributed by atoms with Gasteiger partial charge >= 0.3 is 0 Å². The van der Waals surface area contributed by atoms with Crippen LogP contribution < -0.4 is 10.5 Å². The summed E-state index contributed by atoms with van der Waals surface area (Å²) in [6.07, 6.45) is 1.07. The van der Waals surface area contributed by atoms with E-state index >= 15 is 0 Å². The van der Waals surface area contributed by atoms with E-state index in [1.54, 1.807) is 24.1 Å². The van der Waals surface area contributed by atoms with Gasteiger partial charge in [0, 0.05) is 12.7 Å². The molecule has 0 saturated heterocycles. The van der Waals surface area contributed by atoms with Crippen LogP contribution in [0.4, 0.5) is 0 Å². The standard InChI is InChI=1S/C12H16N4O2/c1-18-11-4-2-3-9(5-11)12(17)8-16-7-10(6-13)14-15-16/h2-5,7,12,17H,6,8,13H2,1H3. The Morgan fingerprint density at radius 3 is 3.00 bits per heavy atom. The SMILES string of the molecule is COc1cccc(C(O)Cn2cc(CN)nn2)c1. The number of aliphatic hydroxyl groups is 1. The normalized spacial score (nSPS) is 12.4. The fourth-order valence-electron chi connectivity index (χ4n) is 1.65. The summed E-state index contributed by atoms with van der Waals surface area (Å²) >= 11 is 0. The second kappa shape index (κ2) is 5.61. The van der Waals surface area contributed by atoms with Crippen LogP contribution in [0.5, 0.6) is 5.75 Å². The van der Waals surface area contributed by atoms with Crippen molar-refractivity contribution >= 4 is 0 Å². The summed E-state index contributed by atoms with van der Waals surface area (Å²) in [5.74, 6) is 0.716. The molecule has 2 rings (SSSR count). The molecule has 18 heavy (non-hydrogen) atoms. The van der Waals surface area contributed by atoms with Crippen molar-refractivity contribution in [1.29, 1.82) is 0 Å². The van der Waals surface area contributed by atoms with Crippen molar-refractivity contribution < 1.29 is 9.84 Å². The maximum atomic E-state index is 10.1. The van der Waals surface area contributed by atoms with E-state index in [9.17, 15) is 5.11 Å². The van der Waals surface area contributed by atoms with Gasteiger partial charge in [0.25, 0.3) is 0 Å². The molecule has 0 fully saturated rings. The van der Waals surface area contributed by atoms with Gasteiger partial charge in [-0.25, -0.2) is 4.68 Å². The van der Waals surface area contributed by atoms with Gasteiger partial charge in [-0.2, -0.15) is 0 Å². The van der Waals surface area contributed by atoms with E-state index in [1.165, 1.54) is 0 Å². The zero-order valence-electron chi connectivity index (χ0n) is 10.2. The highest BCUT2D eigenvalue weighted by atomic mass is 16.5. The molecule has 0 aliphatic rings. The third kappa shape index (κ3) is 2.85. The van der Waals surface area contributed by atoms with Gasteiger partial charge < -0.3 is 15.6 Å². The Bertz CT molecular complexity index is 512. The summed E-state index contributed by atoms with van der Waals surface area (Å²) in [5.41, 5.74) is 6.93. The molecule has 0 saturated carbocycles. The van der Waals surface area contributed by atoms with Crippen LogP contribution in [0.3, 0.4) is 0 Å². The molecule has 0 bridgehead atoms. The van der Waals surface area contributed by atoms with E-state index in [0.717, 1.165) is 5.56 Å². The monoisotopic (exact) mass is 248 g/mol.